The molecule has 0 radical (unpaired) electrons. The highest BCUT2D eigenvalue weighted by Crippen LogP contribution is 2.29. The molecule has 3 N–H and O–H groups in total. The van der Waals surface area contributed by atoms with Crippen LogP contribution in [0, 0.1) is 17.6 Å². The van der Waals surface area contributed by atoms with E-state index in [0.717, 1.165) is 12.5 Å². The number of hydrogen-bond donors (Lipinski definition) is 3. The van der Waals surface area contributed by atoms with Crippen LogP contribution in [0.1, 0.15) is 23.7 Å². The Balaban J connectivity index is 2.12. The van der Waals surface area contributed by atoms with Gasteiger partial charge in [-0.05, 0) is 18.4 Å². The van der Waals surface area contributed by atoms with E-state index in [-0.39, 0.29) is 11.7 Å². The van der Waals surface area contributed by atoms with Crippen LogP contribution in [0.15, 0.2) is 12.1 Å². The van der Waals surface area contributed by atoms with Crippen molar-refractivity contribution in [2.24, 2.45) is 5.92 Å². The van der Waals surface area contributed by atoms with Gasteiger partial charge in [0.05, 0.1) is 11.3 Å². The number of carboxylic acid groups (broad SMARTS) is 1. The van der Waals surface area contributed by atoms with E-state index >= 15 is 0 Å². The molecular formula is C12H12F2N2O3. The monoisotopic (exact) mass is 270 g/mol. The van der Waals surface area contributed by atoms with Crippen LogP contribution in [-0.2, 0) is 0 Å². The summed E-state index contributed by atoms with van der Waals surface area (Å²) in [6.07, 6.45) is 0.847. The molecule has 0 aromatic heterocycles. The van der Waals surface area contributed by atoms with Gasteiger partial charge in [-0.1, -0.05) is 6.92 Å². The summed E-state index contributed by atoms with van der Waals surface area (Å²) in [5.41, 5.74) is -1.07. The Kier molecular flexibility index (Phi) is 3.37. The first kappa shape index (κ1) is 13.3. The van der Waals surface area contributed by atoms with E-state index in [1.54, 1.807) is 0 Å². The molecule has 2 rings (SSSR count). The summed E-state index contributed by atoms with van der Waals surface area (Å²) in [6, 6.07) is 0.584. The zero-order valence-corrected chi connectivity index (χ0v) is 10.0. The van der Waals surface area contributed by atoms with Gasteiger partial charge in [0.2, 0.25) is 0 Å². The second-order valence-electron chi connectivity index (χ2n) is 4.53. The molecule has 1 aromatic rings. The molecule has 1 saturated carbocycles. The van der Waals surface area contributed by atoms with Crippen molar-refractivity contribution in [3.63, 3.8) is 0 Å². The van der Waals surface area contributed by atoms with E-state index < -0.39 is 29.2 Å². The number of urea groups is 1. The van der Waals surface area contributed by atoms with Crippen molar-refractivity contribution in [1.29, 1.82) is 0 Å². The number of carbonyl (C=O) groups is 2. The zero-order valence-electron chi connectivity index (χ0n) is 10.0. The second kappa shape index (κ2) is 4.83. The minimum absolute atomic E-state index is 0.0439. The maximum absolute atomic E-state index is 13.4. The van der Waals surface area contributed by atoms with Gasteiger partial charge in [-0.3, -0.25) is 0 Å². The van der Waals surface area contributed by atoms with E-state index in [9.17, 15) is 18.4 Å². The van der Waals surface area contributed by atoms with Crippen LogP contribution < -0.4 is 10.6 Å². The first-order valence-corrected chi connectivity index (χ1v) is 5.68. The number of anilines is 1. The number of aromatic carboxylic acids is 1. The summed E-state index contributed by atoms with van der Waals surface area (Å²) >= 11 is 0. The number of carbonyl (C=O) groups excluding carboxylic acids is 1. The quantitative estimate of drug-likeness (QED) is 0.787. The van der Waals surface area contributed by atoms with Crippen LogP contribution >= 0.6 is 0 Å². The lowest BCUT2D eigenvalue weighted by Crippen LogP contribution is -2.31. The third-order valence-corrected chi connectivity index (χ3v) is 2.96. The first-order chi connectivity index (χ1) is 8.88. The third kappa shape index (κ3) is 2.98. The highest BCUT2D eigenvalue weighted by Gasteiger charge is 2.34. The van der Waals surface area contributed by atoms with Gasteiger partial charge < -0.3 is 15.7 Å². The van der Waals surface area contributed by atoms with Crippen molar-refractivity contribution in [1.82, 2.24) is 5.32 Å². The largest absolute Gasteiger partial charge is 0.478 e. The van der Waals surface area contributed by atoms with Crippen molar-refractivity contribution in [3.8, 4) is 0 Å². The van der Waals surface area contributed by atoms with Gasteiger partial charge in [-0.2, -0.15) is 0 Å². The number of benzene rings is 1. The van der Waals surface area contributed by atoms with Gasteiger partial charge in [-0.25, -0.2) is 18.4 Å². The fourth-order valence-electron chi connectivity index (χ4n) is 1.66. The normalized spacial score (nSPS) is 20.8. The molecule has 102 valence electrons. The first-order valence-electron chi connectivity index (χ1n) is 5.68. The number of halogens is 2. The smallest absolute Gasteiger partial charge is 0.338 e. The van der Waals surface area contributed by atoms with Crippen LogP contribution in [-0.4, -0.2) is 23.1 Å². The van der Waals surface area contributed by atoms with Crippen molar-refractivity contribution < 1.29 is 23.5 Å². The van der Waals surface area contributed by atoms with E-state index in [2.05, 4.69) is 10.6 Å². The lowest BCUT2D eigenvalue weighted by Gasteiger charge is -2.09. The standard InChI is InChI=1S/C12H12F2N2O3/c1-5-2-9(5)15-12(19)16-10-3-6(11(17)18)7(13)4-8(10)14/h3-5,9H,2H2,1H3,(H,17,18)(H2,15,16,19). The average molecular weight is 270 g/mol. The molecule has 1 aromatic carbocycles. The SMILES string of the molecule is CC1CC1NC(=O)Nc1cc(C(=O)O)c(F)cc1F. The molecule has 5 nitrogen and oxygen atoms in total. The fourth-order valence-corrected chi connectivity index (χ4v) is 1.66. The molecule has 2 atom stereocenters. The lowest BCUT2D eigenvalue weighted by atomic mass is 10.2. The molecule has 0 bridgehead atoms. The Hall–Kier alpha value is -2.18. The molecule has 0 heterocycles. The molecule has 0 saturated heterocycles. The lowest BCUT2D eigenvalue weighted by molar-refractivity contribution is 0.0692. The van der Waals surface area contributed by atoms with E-state index in [1.165, 1.54) is 0 Å². The van der Waals surface area contributed by atoms with Crippen molar-refractivity contribution in [2.45, 2.75) is 19.4 Å². The molecule has 2 unspecified atom stereocenters. The van der Waals surface area contributed by atoms with E-state index in [1.807, 2.05) is 6.92 Å². The van der Waals surface area contributed by atoms with Crippen LogP contribution in [0.3, 0.4) is 0 Å². The Morgan fingerprint density at radius 2 is 1.95 bits per heavy atom. The minimum atomic E-state index is -1.53. The molecule has 0 aliphatic heterocycles. The summed E-state index contributed by atoms with van der Waals surface area (Å²) in [4.78, 5) is 22.2. The summed E-state index contributed by atoms with van der Waals surface area (Å²) in [5.74, 6) is -3.37. The maximum Gasteiger partial charge on any atom is 0.338 e. The van der Waals surface area contributed by atoms with E-state index in [4.69, 9.17) is 5.11 Å². The average Bonchev–Trinajstić information content (AvgIpc) is 2.97. The summed E-state index contributed by atoms with van der Waals surface area (Å²) in [6.45, 7) is 1.95. The molecule has 1 aliphatic carbocycles. The predicted octanol–water partition coefficient (Wildman–Crippen LogP) is 2.19. The van der Waals surface area contributed by atoms with Gasteiger partial charge >= 0.3 is 12.0 Å². The highest BCUT2D eigenvalue weighted by molar-refractivity contribution is 5.93. The number of carboxylic acids is 1. The number of amides is 2. The van der Waals surface area contributed by atoms with Gasteiger partial charge in [0.1, 0.15) is 11.6 Å². The number of rotatable bonds is 3. The van der Waals surface area contributed by atoms with Gasteiger partial charge in [0.15, 0.2) is 0 Å². The Morgan fingerprint density at radius 1 is 1.32 bits per heavy atom. The molecular weight excluding hydrogens is 258 g/mol. The Morgan fingerprint density at radius 3 is 2.47 bits per heavy atom. The Bertz CT molecular complexity index is 548. The zero-order chi connectivity index (χ0) is 14.2. The highest BCUT2D eigenvalue weighted by atomic mass is 19.1. The summed E-state index contributed by atoms with van der Waals surface area (Å²) in [7, 11) is 0. The maximum atomic E-state index is 13.4. The van der Waals surface area contributed by atoms with E-state index in [0.29, 0.717) is 12.0 Å². The second-order valence-corrected chi connectivity index (χ2v) is 4.53. The van der Waals surface area contributed by atoms with Crippen molar-refractivity contribution in [2.75, 3.05) is 5.32 Å². The van der Waals surface area contributed by atoms with Crippen LogP contribution in [0.25, 0.3) is 0 Å². The third-order valence-electron chi connectivity index (χ3n) is 2.96. The number of nitrogens with one attached hydrogen (secondary N) is 2. The summed E-state index contributed by atoms with van der Waals surface area (Å²) in [5, 5.41) is 13.5. The minimum Gasteiger partial charge on any atom is -0.478 e. The summed E-state index contributed by atoms with van der Waals surface area (Å²) < 4.78 is 26.5. The number of hydrogen-bond acceptors (Lipinski definition) is 2. The van der Waals surface area contributed by atoms with Gasteiger partial charge in [0.25, 0.3) is 0 Å². The van der Waals surface area contributed by atoms with Crippen LogP contribution in [0.2, 0.25) is 0 Å². The van der Waals surface area contributed by atoms with Crippen LogP contribution in [0.5, 0.6) is 0 Å². The topological polar surface area (TPSA) is 78.4 Å². The molecule has 19 heavy (non-hydrogen) atoms. The van der Waals surface area contributed by atoms with Crippen LogP contribution in [0.4, 0.5) is 19.3 Å². The fraction of sp³-hybridized carbons (Fsp3) is 0.333. The predicted molar refractivity (Wildman–Crippen MR) is 63.0 cm³/mol. The molecule has 7 heteroatoms. The van der Waals surface area contributed by atoms with Gasteiger partial charge in [0, 0.05) is 12.1 Å². The Labute approximate surface area is 107 Å². The molecule has 2 amide bonds. The molecule has 1 fully saturated rings. The van der Waals surface area contributed by atoms with Crippen molar-refractivity contribution in [3.05, 3.63) is 29.3 Å². The molecule has 1 aliphatic rings. The molecule has 0 spiro atoms. The van der Waals surface area contributed by atoms with Gasteiger partial charge in [-0.15, -0.1) is 0 Å². The van der Waals surface area contributed by atoms with Crippen molar-refractivity contribution >= 4 is 17.7 Å².